The number of hydrogen-bond acceptors (Lipinski definition) is 7. The number of carboxylic acids is 2. The third-order valence-corrected chi connectivity index (χ3v) is 5.38. The Morgan fingerprint density at radius 1 is 0.794 bits per heavy atom. The van der Waals surface area contributed by atoms with Crippen molar-refractivity contribution in [2.75, 3.05) is 0 Å². The average Bonchev–Trinajstić information content (AvgIpc) is 2.75. The molecule has 13 heteroatoms. The van der Waals surface area contributed by atoms with E-state index in [2.05, 4.69) is 16.0 Å². The minimum absolute atomic E-state index is 0.189. The van der Waals surface area contributed by atoms with Crippen molar-refractivity contribution in [1.82, 2.24) is 16.0 Å². The smallest absolute Gasteiger partial charge is 0.326 e. The molecule has 0 heterocycles. The molecule has 5 atom stereocenters. The van der Waals surface area contributed by atoms with Gasteiger partial charge in [-0.15, -0.1) is 0 Å². The molecule has 194 valence electrons. The first-order valence-electron chi connectivity index (χ1n) is 11.1. The molecule has 0 aliphatic rings. The van der Waals surface area contributed by atoms with Crippen LogP contribution in [0.1, 0.15) is 59.8 Å². The fraction of sp³-hybridized carbons (Fsp3) is 0.714. The van der Waals surface area contributed by atoms with E-state index in [1.54, 1.807) is 20.8 Å². The molecule has 0 spiro atoms. The predicted octanol–water partition coefficient (Wildman–Crippen LogP) is -1.31. The van der Waals surface area contributed by atoms with Gasteiger partial charge in [-0.2, -0.15) is 0 Å². The first-order valence-corrected chi connectivity index (χ1v) is 11.1. The number of carbonyl (C=O) groups is 6. The molecule has 0 radical (unpaired) electrons. The lowest BCUT2D eigenvalue weighted by Gasteiger charge is -2.27. The Morgan fingerprint density at radius 2 is 1.32 bits per heavy atom. The first kappa shape index (κ1) is 30.8. The molecule has 0 aromatic heterocycles. The van der Waals surface area contributed by atoms with E-state index < -0.39 is 72.1 Å². The topological polar surface area (TPSA) is 231 Å². The Labute approximate surface area is 198 Å². The van der Waals surface area contributed by atoms with E-state index >= 15 is 0 Å². The molecule has 0 aromatic rings. The highest BCUT2D eigenvalue weighted by atomic mass is 16.4. The minimum atomic E-state index is -1.41. The van der Waals surface area contributed by atoms with Crippen LogP contribution in [0.4, 0.5) is 0 Å². The maximum atomic E-state index is 12.9. The summed E-state index contributed by atoms with van der Waals surface area (Å²) in [5, 5.41) is 25.5. The van der Waals surface area contributed by atoms with Crippen LogP contribution in [0.2, 0.25) is 0 Å². The molecule has 34 heavy (non-hydrogen) atoms. The molecule has 9 N–H and O–H groups in total. The molecule has 0 bridgehead atoms. The molecule has 0 saturated carbocycles. The van der Waals surface area contributed by atoms with Crippen LogP contribution in [-0.4, -0.2) is 69.9 Å². The van der Waals surface area contributed by atoms with Gasteiger partial charge in [-0.05, 0) is 24.7 Å². The third kappa shape index (κ3) is 11.1. The lowest BCUT2D eigenvalue weighted by molar-refractivity contribution is -0.143. The quantitative estimate of drug-likeness (QED) is 0.137. The highest BCUT2D eigenvalue weighted by Gasteiger charge is 2.32. The summed E-state index contributed by atoms with van der Waals surface area (Å²) in [6.45, 7) is 6.81. The van der Waals surface area contributed by atoms with E-state index in [4.69, 9.17) is 16.6 Å². The fourth-order valence-corrected chi connectivity index (χ4v) is 2.91. The summed E-state index contributed by atoms with van der Waals surface area (Å²) in [7, 11) is 0. The van der Waals surface area contributed by atoms with Crippen LogP contribution in [0.15, 0.2) is 0 Å². The second-order valence-electron chi connectivity index (χ2n) is 8.54. The number of hydrogen-bond donors (Lipinski definition) is 7. The maximum absolute atomic E-state index is 12.9. The highest BCUT2D eigenvalue weighted by molar-refractivity contribution is 5.94. The van der Waals surface area contributed by atoms with Crippen LogP contribution < -0.4 is 27.4 Å². The molecule has 0 aliphatic heterocycles. The molecule has 0 aliphatic carbocycles. The number of nitrogens with one attached hydrogen (secondary N) is 3. The summed E-state index contributed by atoms with van der Waals surface area (Å²) in [5.74, 6) is -6.25. The van der Waals surface area contributed by atoms with Gasteiger partial charge in [0.05, 0.1) is 6.04 Å². The summed E-state index contributed by atoms with van der Waals surface area (Å²) in [4.78, 5) is 71.5. The monoisotopic (exact) mass is 487 g/mol. The van der Waals surface area contributed by atoms with Crippen LogP contribution in [0.5, 0.6) is 0 Å². The van der Waals surface area contributed by atoms with Crippen molar-refractivity contribution in [3.63, 3.8) is 0 Å². The van der Waals surface area contributed by atoms with Gasteiger partial charge >= 0.3 is 11.9 Å². The average molecular weight is 488 g/mol. The van der Waals surface area contributed by atoms with Gasteiger partial charge in [-0.3, -0.25) is 24.0 Å². The first-order chi connectivity index (χ1) is 15.7. The molecule has 0 saturated heterocycles. The van der Waals surface area contributed by atoms with Crippen LogP contribution in [0.25, 0.3) is 0 Å². The number of primary amides is 1. The Bertz CT molecular complexity index is 757. The van der Waals surface area contributed by atoms with Crippen molar-refractivity contribution in [3.05, 3.63) is 0 Å². The highest BCUT2D eigenvalue weighted by Crippen LogP contribution is 2.09. The summed E-state index contributed by atoms with van der Waals surface area (Å²) < 4.78 is 0. The zero-order chi connectivity index (χ0) is 26.6. The molecule has 13 nitrogen and oxygen atoms in total. The van der Waals surface area contributed by atoms with Crippen LogP contribution >= 0.6 is 0 Å². The van der Waals surface area contributed by atoms with Gasteiger partial charge in [-0.1, -0.05) is 34.1 Å². The molecule has 5 unspecified atom stereocenters. The zero-order valence-corrected chi connectivity index (χ0v) is 20.0. The molecule has 0 aromatic carbocycles. The van der Waals surface area contributed by atoms with Gasteiger partial charge in [0.25, 0.3) is 0 Å². The van der Waals surface area contributed by atoms with E-state index in [0.29, 0.717) is 6.42 Å². The standard InChI is InChI=1S/C21H37N5O8/c1-5-11(4)16(23)19(31)24-12(7-9-15(28)29)18(30)26-17(10(2)3)20(32)25-13(21(33)34)6-8-14(22)27/h10-13,16-17H,5-9,23H2,1-4H3,(H2,22,27)(H,24,31)(H,25,32)(H,26,30)(H,28,29)(H,33,34). The number of carboxylic acid groups (broad SMARTS) is 2. The van der Waals surface area contributed by atoms with Crippen molar-refractivity contribution in [3.8, 4) is 0 Å². The summed E-state index contributed by atoms with van der Waals surface area (Å²) in [6, 6.07) is -4.81. The molecule has 0 rings (SSSR count). The number of rotatable bonds is 16. The molecular weight excluding hydrogens is 450 g/mol. The number of carbonyl (C=O) groups excluding carboxylic acids is 4. The summed E-state index contributed by atoms with van der Waals surface area (Å²) in [5.41, 5.74) is 10.9. The van der Waals surface area contributed by atoms with E-state index in [9.17, 15) is 33.9 Å². The van der Waals surface area contributed by atoms with Gasteiger partial charge in [0, 0.05) is 12.8 Å². The Morgan fingerprint density at radius 3 is 1.76 bits per heavy atom. The van der Waals surface area contributed by atoms with Crippen molar-refractivity contribution in [2.24, 2.45) is 23.3 Å². The van der Waals surface area contributed by atoms with Crippen LogP contribution in [0.3, 0.4) is 0 Å². The van der Waals surface area contributed by atoms with Gasteiger partial charge < -0.3 is 37.6 Å². The lowest BCUT2D eigenvalue weighted by Crippen LogP contribution is -2.58. The van der Waals surface area contributed by atoms with Crippen LogP contribution in [-0.2, 0) is 28.8 Å². The van der Waals surface area contributed by atoms with Gasteiger partial charge in [0.2, 0.25) is 23.6 Å². The third-order valence-electron chi connectivity index (χ3n) is 5.38. The normalized spacial score (nSPS) is 15.4. The minimum Gasteiger partial charge on any atom is -0.481 e. The largest absolute Gasteiger partial charge is 0.481 e. The van der Waals surface area contributed by atoms with Gasteiger partial charge in [0.15, 0.2) is 0 Å². The summed E-state index contributed by atoms with van der Waals surface area (Å²) in [6.07, 6.45) is -0.571. The fourth-order valence-electron chi connectivity index (χ4n) is 2.91. The van der Waals surface area contributed by atoms with Crippen molar-refractivity contribution in [1.29, 1.82) is 0 Å². The summed E-state index contributed by atoms with van der Waals surface area (Å²) >= 11 is 0. The van der Waals surface area contributed by atoms with E-state index in [1.165, 1.54) is 0 Å². The lowest BCUT2D eigenvalue weighted by atomic mass is 9.98. The molecular formula is C21H37N5O8. The van der Waals surface area contributed by atoms with Gasteiger partial charge in [0.1, 0.15) is 18.1 Å². The number of aliphatic carboxylic acids is 2. The predicted molar refractivity (Wildman–Crippen MR) is 121 cm³/mol. The zero-order valence-electron chi connectivity index (χ0n) is 20.0. The Hall–Kier alpha value is -3.22. The van der Waals surface area contributed by atoms with Crippen molar-refractivity contribution in [2.45, 2.75) is 84.0 Å². The maximum Gasteiger partial charge on any atom is 0.326 e. The van der Waals surface area contributed by atoms with Crippen LogP contribution in [0, 0.1) is 11.8 Å². The Balaban J connectivity index is 5.52. The number of nitrogens with two attached hydrogens (primary N) is 2. The molecule has 4 amide bonds. The second-order valence-corrected chi connectivity index (χ2v) is 8.54. The van der Waals surface area contributed by atoms with Crippen molar-refractivity contribution >= 4 is 35.6 Å². The number of amides is 4. The SMILES string of the molecule is CCC(C)C(N)C(=O)NC(CCC(=O)O)C(=O)NC(C(=O)NC(CCC(N)=O)C(=O)O)C(C)C. The van der Waals surface area contributed by atoms with E-state index in [-0.39, 0.29) is 25.2 Å². The van der Waals surface area contributed by atoms with E-state index in [0.717, 1.165) is 0 Å². The second kappa shape index (κ2) is 14.8. The molecule has 0 fully saturated rings. The van der Waals surface area contributed by atoms with Gasteiger partial charge in [-0.25, -0.2) is 4.79 Å². The van der Waals surface area contributed by atoms with Crippen molar-refractivity contribution < 1.29 is 39.0 Å². The van der Waals surface area contributed by atoms with E-state index in [1.807, 2.05) is 6.92 Å². The Kier molecular flexibility index (Phi) is 13.4.